The van der Waals surface area contributed by atoms with E-state index in [4.69, 9.17) is 25.8 Å². The Bertz CT molecular complexity index is 1020. The molecule has 1 aliphatic heterocycles. The molecule has 0 aliphatic carbocycles. The average Bonchev–Trinajstić information content (AvgIpc) is 2.70. The van der Waals surface area contributed by atoms with Gasteiger partial charge in [0.2, 0.25) is 5.95 Å². The fourth-order valence-electron chi connectivity index (χ4n) is 2.65. The van der Waals surface area contributed by atoms with E-state index in [-0.39, 0.29) is 11.8 Å². The molecule has 0 saturated heterocycles. The maximum Gasteiger partial charge on any atom is 0.229 e. The van der Waals surface area contributed by atoms with Crippen molar-refractivity contribution in [1.82, 2.24) is 9.97 Å². The summed E-state index contributed by atoms with van der Waals surface area (Å²) in [6, 6.07) is 10.3. The Morgan fingerprint density at radius 2 is 1.86 bits per heavy atom. The maximum atomic E-state index is 14.2. The number of anilines is 4. The minimum atomic E-state index is -0.593. The number of fused-ring (bicyclic) bond motifs is 1. The van der Waals surface area contributed by atoms with Crippen molar-refractivity contribution < 1.29 is 18.6 Å². The molecule has 2 aromatic carbocycles. The van der Waals surface area contributed by atoms with Crippen LogP contribution in [0.5, 0.6) is 17.2 Å². The third-order valence-electron chi connectivity index (χ3n) is 3.91. The first-order valence-electron chi connectivity index (χ1n) is 8.41. The van der Waals surface area contributed by atoms with Crippen molar-refractivity contribution >= 4 is 34.7 Å². The summed E-state index contributed by atoms with van der Waals surface area (Å²) in [5, 5.41) is 6.40. The summed E-state index contributed by atoms with van der Waals surface area (Å²) < 4.78 is 30.4. The van der Waals surface area contributed by atoms with Crippen LogP contribution in [0.15, 0.2) is 42.6 Å². The zero-order chi connectivity index (χ0) is 19.5. The highest BCUT2D eigenvalue weighted by Crippen LogP contribution is 2.34. The molecule has 2 heterocycles. The van der Waals surface area contributed by atoms with E-state index < -0.39 is 5.82 Å². The van der Waals surface area contributed by atoms with E-state index in [9.17, 15) is 4.39 Å². The van der Waals surface area contributed by atoms with Crippen molar-refractivity contribution in [3.63, 3.8) is 0 Å². The van der Waals surface area contributed by atoms with Gasteiger partial charge in [0, 0.05) is 28.5 Å². The summed E-state index contributed by atoms with van der Waals surface area (Å²) in [6.45, 7) is 0.971. The van der Waals surface area contributed by atoms with E-state index in [0.29, 0.717) is 46.9 Å². The van der Waals surface area contributed by atoms with E-state index >= 15 is 0 Å². The molecule has 2 N–H and O–H groups in total. The Kier molecular flexibility index (Phi) is 5.03. The smallest absolute Gasteiger partial charge is 0.229 e. The molecule has 7 nitrogen and oxygen atoms in total. The van der Waals surface area contributed by atoms with Gasteiger partial charge >= 0.3 is 0 Å². The van der Waals surface area contributed by atoms with Crippen LogP contribution in [0.2, 0.25) is 5.02 Å². The highest BCUT2D eigenvalue weighted by Gasteiger charge is 2.14. The lowest BCUT2D eigenvalue weighted by Crippen LogP contribution is -2.15. The molecular formula is C19H16ClFN4O3. The molecule has 4 rings (SSSR count). The first-order valence-corrected chi connectivity index (χ1v) is 8.79. The number of methoxy groups -OCH3 is 1. The fraction of sp³-hybridized carbons (Fsp3) is 0.158. The fourth-order valence-corrected chi connectivity index (χ4v) is 2.88. The van der Waals surface area contributed by atoms with Crippen molar-refractivity contribution in [2.75, 3.05) is 31.0 Å². The van der Waals surface area contributed by atoms with Gasteiger partial charge in [-0.15, -0.1) is 0 Å². The van der Waals surface area contributed by atoms with Crippen molar-refractivity contribution in [3.05, 3.63) is 53.4 Å². The number of nitrogens with one attached hydrogen (secondary N) is 2. The number of nitrogens with zero attached hydrogens (tertiary/aromatic N) is 2. The third-order valence-corrected chi connectivity index (χ3v) is 4.13. The van der Waals surface area contributed by atoms with Gasteiger partial charge in [-0.1, -0.05) is 11.6 Å². The highest BCUT2D eigenvalue weighted by atomic mass is 35.5. The van der Waals surface area contributed by atoms with Gasteiger partial charge in [0.15, 0.2) is 23.1 Å². The van der Waals surface area contributed by atoms with E-state index in [1.165, 1.54) is 0 Å². The van der Waals surface area contributed by atoms with Gasteiger partial charge in [0.25, 0.3) is 0 Å². The number of ether oxygens (including phenoxy) is 3. The normalized spacial score (nSPS) is 12.4. The molecule has 0 fully saturated rings. The van der Waals surface area contributed by atoms with Crippen molar-refractivity contribution in [3.8, 4) is 17.2 Å². The molecule has 1 aromatic heterocycles. The first-order chi connectivity index (χ1) is 13.6. The zero-order valence-corrected chi connectivity index (χ0v) is 15.6. The van der Waals surface area contributed by atoms with Gasteiger partial charge in [-0.3, -0.25) is 0 Å². The second-order valence-corrected chi connectivity index (χ2v) is 6.31. The molecule has 0 spiro atoms. The van der Waals surface area contributed by atoms with Crippen LogP contribution in [0.4, 0.5) is 27.5 Å². The molecule has 144 valence electrons. The summed E-state index contributed by atoms with van der Waals surface area (Å²) in [7, 11) is 1.54. The molecule has 0 saturated carbocycles. The molecule has 9 heteroatoms. The van der Waals surface area contributed by atoms with Crippen LogP contribution in [0, 0.1) is 5.82 Å². The molecule has 0 unspecified atom stereocenters. The Morgan fingerprint density at radius 3 is 2.68 bits per heavy atom. The van der Waals surface area contributed by atoms with Crippen LogP contribution < -0.4 is 24.8 Å². The molecule has 1 aliphatic rings. The molecule has 0 atom stereocenters. The lowest BCUT2D eigenvalue weighted by molar-refractivity contribution is 0.171. The zero-order valence-electron chi connectivity index (χ0n) is 14.8. The lowest BCUT2D eigenvalue weighted by atomic mass is 10.2. The van der Waals surface area contributed by atoms with Gasteiger partial charge in [0.05, 0.1) is 13.3 Å². The summed E-state index contributed by atoms with van der Waals surface area (Å²) >= 11 is 6.06. The quantitative estimate of drug-likeness (QED) is 0.648. The summed E-state index contributed by atoms with van der Waals surface area (Å²) in [4.78, 5) is 8.16. The molecule has 0 radical (unpaired) electrons. The standard InChI is InChI=1S/C19H16ClFN4O3/c1-26-14-7-11(20)6-13(8-14)24-19-22-10-15(21)18(25-19)23-12-2-3-16-17(9-12)28-5-4-27-16/h2-3,6-10H,4-5H2,1H3,(H2,22,23,24,25). The molecule has 3 aromatic rings. The summed E-state index contributed by atoms with van der Waals surface area (Å²) in [5.74, 6) is 1.44. The predicted molar refractivity (Wildman–Crippen MR) is 104 cm³/mol. The lowest BCUT2D eigenvalue weighted by Gasteiger charge is -2.19. The van der Waals surface area contributed by atoms with Crippen LogP contribution in [-0.4, -0.2) is 30.3 Å². The van der Waals surface area contributed by atoms with Gasteiger partial charge in [-0.05, 0) is 24.3 Å². The summed E-state index contributed by atoms with van der Waals surface area (Å²) in [6.07, 6.45) is 1.08. The minimum absolute atomic E-state index is 0.0168. The van der Waals surface area contributed by atoms with Crippen molar-refractivity contribution in [1.29, 1.82) is 0 Å². The van der Waals surface area contributed by atoms with E-state index in [0.717, 1.165) is 6.20 Å². The Morgan fingerprint density at radius 1 is 1.04 bits per heavy atom. The molecule has 0 bridgehead atoms. The van der Waals surface area contributed by atoms with Crippen LogP contribution in [-0.2, 0) is 0 Å². The van der Waals surface area contributed by atoms with Gasteiger partial charge in [-0.2, -0.15) is 4.98 Å². The Hall–Kier alpha value is -3.26. The number of benzene rings is 2. The largest absolute Gasteiger partial charge is 0.497 e. The van der Waals surface area contributed by atoms with Gasteiger partial charge < -0.3 is 24.8 Å². The number of halogens is 2. The topological polar surface area (TPSA) is 77.5 Å². The van der Waals surface area contributed by atoms with E-state index in [1.807, 2.05) is 0 Å². The van der Waals surface area contributed by atoms with Crippen LogP contribution in [0.1, 0.15) is 0 Å². The summed E-state index contributed by atoms with van der Waals surface area (Å²) in [5.41, 5.74) is 1.22. The Balaban J connectivity index is 1.56. The predicted octanol–water partition coefficient (Wildman–Crippen LogP) is 4.54. The van der Waals surface area contributed by atoms with Gasteiger partial charge in [0.1, 0.15) is 19.0 Å². The number of hydrogen-bond donors (Lipinski definition) is 2. The van der Waals surface area contributed by atoms with Crippen LogP contribution in [0.3, 0.4) is 0 Å². The maximum absolute atomic E-state index is 14.2. The first kappa shape index (κ1) is 18.1. The van der Waals surface area contributed by atoms with Crippen LogP contribution in [0.25, 0.3) is 0 Å². The van der Waals surface area contributed by atoms with Crippen LogP contribution >= 0.6 is 11.6 Å². The SMILES string of the molecule is COc1cc(Cl)cc(Nc2ncc(F)c(Nc3ccc4c(c3)OCCO4)n2)c1. The monoisotopic (exact) mass is 402 g/mol. The third kappa shape index (κ3) is 4.01. The van der Waals surface area contributed by atoms with Gasteiger partial charge in [-0.25, -0.2) is 9.37 Å². The highest BCUT2D eigenvalue weighted by molar-refractivity contribution is 6.31. The molecular weight excluding hydrogens is 387 g/mol. The molecule has 28 heavy (non-hydrogen) atoms. The Labute approximate surface area is 165 Å². The number of hydrogen-bond acceptors (Lipinski definition) is 7. The van der Waals surface area contributed by atoms with Crippen molar-refractivity contribution in [2.45, 2.75) is 0 Å². The minimum Gasteiger partial charge on any atom is -0.497 e. The number of aromatic nitrogens is 2. The van der Waals surface area contributed by atoms with E-state index in [2.05, 4.69) is 20.6 Å². The van der Waals surface area contributed by atoms with Crippen molar-refractivity contribution in [2.24, 2.45) is 0 Å². The number of rotatable bonds is 5. The second kappa shape index (κ2) is 7.77. The van der Waals surface area contributed by atoms with E-state index in [1.54, 1.807) is 43.5 Å². The second-order valence-electron chi connectivity index (χ2n) is 5.88. The molecule has 0 amide bonds. The average molecular weight is 403 g/mol.